The molecule has 0 aliphatic heterocycles. The number of ether oxygens (including phenoxy) is 1. The van der Waals surface area contributed by atoms with E-state index in [1.807, 2.05) is 13.8 Å². The highest BCUT2D eigenvalue weighted by molar-refractivity contribution is 6.59. The van der Waals surface area contributed by atoms with E-state index < -0.39 is 7.12 Å². The molecule has 4 N–H and O–H groups in total. The molecule has 0 bridgehead atoms. The van der Waals surface area contributed by atoms with E-state index in [-0.39, 0.29) is 5.48 Å². The summed E-state index contributed by atoms with van der Waals surface area (Å²) < 4.78 is 5.05. The van der Waals surface area contributed by atoms with E-state index in [0.717, 1.165) is 16.9 Å². The Balaban J connectivity index is 0.00000169. The molecule has 0 atom stereocenters. The topological polar surface area (TPSA) is 81.2 Å². The van der Waals surface area contributed by atoms with E-state index in [9.17, 15) is 0 Å². The van der Waals surface area contributed by atoms with Crippen molar-refractivity contribution in [2.45, 2.75) is 13.8 Å². The van der Waals surface area contributed by atoms with Gasteiger partial charge in [0.25, 0.3) is 0 Å². The second kappa shape index (κ2) is 5.00. The van der Waals surface area contributed by atoms with Crippen molar-refractivity contribution in [2.24, 2.45) is 0 Å². The Kier molecular flexibility index (Phi) is 4.63. The number of aryl methyl sites for hydroxylation is 2. The molecule has 14 heavy (non-hydrogen) atoms. The van der Waals surface area contributed by atoms with E-state index >= 15 is 0 Å². The van der Waals surface area contributed by atoms with Gasteiger partial charge in [0.15, 0.2) is 0 Å². The van der Waals surface area contributed by atoms with E-state index in [1.165, 1.54) is 0 Å². The molecule has 0 amide bonds. The summed E-state index contributed by atoms with van der Waals surface area (Å²) in [4.78, 5) is 0. The molecule has 5 heteroatoms. The lowest BCUT2D eigenvalue weighted by atomic mass is 9.74. The summed E-state index contributed by atoms with van der Waals surface area (Å²) in [6.07, 6.45) is 0. The van der Waals surface area contributed by atoms with Crippen molar-refractivity contribution >= 4 is 12.6 Å². The standard InChI is InChI=1S/C9H13BO3.H2O/c1-6-4-8(13-3)5-7(2)9(6)10(11)12;/h4-5,11-12H,1-3H3;1H2. The molecule has 0 unspecified atom stereocenters. The zero-order valence-electron chi connectivity index (χ0n) is 8.53. The summed E-state index contributed by atoms with van der Waals surface area (Å²) >= 11 is 0. The van der Waals surface area contributed by atoms with Crippen LogP contribution in [0, 0.1) is 13.8 Å². The third kappa shape index (κ3) is 2.48. The molecular weight excluding hydrogens is 183 g/mol. The Morgan fingerprint density at radius 1 is 1.14 bits per heavy atom. The molecule has 0 fully saturated rings. The molecular formula is C9H15BO4. The fraction of sp³-hybridized carbons (Fsp3) is 0.333. The number of methoxy groups -OCH3 is 1. The first-order valence-corrected chi connectivity index (χ1v) is 4.07. The minimum absolute atomic E-state index is 0. The van der Waals surface area contributed by atoms with Crippen molar-refractivity contribution in [2.75, 3.05) is 7.11 Å². The summed E-state index contributed by atoms with van der Waals surface area (Å²) in [5.74, 6) is 0.736. The highest BCUT2D eigenvalue weighted by Gasteiger charge is 2.17. The van der Waals surface area contributed by atoms with E-state index in [2.05, 4.69) is 0 Å². The summed E-state index contributed by atoms with van der Waals surface area (Å²) in [5.41, 5.74) is 2.21. The second-order valence-corrected chi connectivity index (χ2v) is 3.05. The van der Waals surface area contributed by atoms with Crippen LogP contribution in [0.2, 0.25) is 0 Å². The van der Waals surface area contributed by atoms with E-state index in [4.69, 9.17) is 14.8 Å². The van der Waals surface area contributed by atoms with Gasteiger partial charge in [0.1, 0.15) is 5.75 Å². The zero-order chi connectivity index (χ0) is 10.0. The van der Waals surface area contributed by atoms with Crippen LogP contribution in [0.1, 0.15) is 11.1 Å². The monoisotopic (exact) mass is 198 g/mol. The van der Waals surface area contributed by atoms with Crippen molar-refractivity contribution in [1.29, 1.82) is 0 Å². The summed E-state index contributed by atoms with van der Waals surface area (Å²) in [5, 5.41) is 18.1. The summed E-state index contributed by atoms with van der Waals surface area (Å²) in [6.45, 7) is 3.65. The van der Waals surface area contributed by atoms with Gasteiger partial charge in [-0.05, 0) is 42.6 Å². The van der Waals surface area contributed by atoms with Crippen LogP contribution < -0.4 is 10.2 Å². The first-order chi connectivity index (χ1) is 6.06. The van der Waals surface area contributed by atoms with Gasteiger partial charge >= 0.3 is 7.12 Å². The van der Waals surface area contributed by atoms with Crippen molar-refractivity contribution in [3.63, 3.8) is 0 Å². The van der Waals surface area contributed by atoms with Gasteiger partial charge in [-0.15, -0.1) is 0 Å². The minimum atomic E-state index is -1.41. The third-order valence-corrected chi connectivity index (χ3v) is 2.06. The normalized spacial score (nSPS) is 9.21. The van der Waals surface area contributed by atoms with Crippen LogP contribution in [-0.4, -0.2) is 29.8 Å². The molecule has 4 nitrogen and oxygen atoms in total. The number of rotatable bonds is 2. The van der Waals surface area contributed by atoms with Crippen LogP contribution in [0.3, 0.4) is 0 Å². The molecule has 0 aliphatic rings. The lowest BCUT2D eigenvalue weighted by Crippen LogP contribution is -2.34. The quantitative estimate of drug-likeness (QED) is 0.608. The highest BCUT2D eigenvalue weighted by atomic mass is 16.5. The van der Waals surface area contributed by atoms with Gasteiger partial charge in [0.2, 0.25) is 0 Å². The first kappa shape index (κ1) is 13.0. The molecule has 0 spiro atoms. The maximum atomic E-state index is 9.06. The Labute approximate surface area is 83.6 Å². The molecule has 1 aromatic carbocycles. The average molecular weight is 198 g/mol. The van der Waals surface area contributed by atoms with Crippen LogP contribution >= 0.6 is 0 Å². The maximum absolute atomic E-state index is 9.06. The Hall–Kier alpha value is -1.04. The number of benzene rings is 1. The van der Waals surface area contributed by atoms with Gasteiger partial charge in [-0.1, -0.05) is 0 Å². The molecule has 1 rings (SSSR count). The van der Waals surface area contributed by atoms with Gasteiger partial charge in [-0.3, -0.25) is 0 Å². The van der Waals surface area contributed by atoms with Gasteiger partial charge < -0.3 is 20.3 Å². The molecule has 0 saturated heterocycles. The molecule has 1 aromatic rings. The van der Waals surface area contributed by atoms with Crippen LogP contribution in [-0.2, 0) is 0 Å². The van der Waals surface area contributed by atoms with Gasteiger partial charge in [0.05, 0.1) is 7.11 Å². The predicted octanol–water partition coefficient (Wildman–Crippen LogP) is -0.833. The summed E-state index contributed by atoms with van der Waals surface area (Å²) in [7, 11) is 0.175. The number of hydrogen-bond donors (Lipinski definition) is 2. The Morgan fingerprint density at radius 2 is 1.57 bits per heavy atom. The molecule has 0 saturated carbocycles. The van der Waals surface area contributed by atoms with Gasteiger partial charge in [-0.2, -0.15) is 0 Å². The molecule has 0 radical (unpaired) electrons. The lowest BCUT2D eigenvalue weighted by Gasteiger charge is -2.10. The number of hydrogen-bond acceptors (Lipinski definition) is 3. The third-order valence-electron chi connectivity index (χ3n) is 2.06. The Morgan fingerprint density at radius 3 is 1.86 bits per heavy atom. The van der Waals surface area contributed by atoms with Crippen LogP contribution in [0.4, 0.5) is 0 Å². The van der Waals surface area contributed by atoms with Crippen molar-refractivity contribution in [3.05, 3.63) is 23.3 Å². The van der Waals surface area contributed by atoms with Crippen molar-refractivity contribution < 1.29 is 20.3 Å². The van der Waals surface area contributed by atoms with Crippen molar-refractivity contribution in [1.82, 2.24) is 0 Å². The SMILES string of the molecule is COc1cc(C)c(B(O)O)c(C)c1.O. The molecule has 0 heterocycles. The van der Waals surface area contributed by atoms with E-state index in [1.54, 1.807) is 19.2 Å². The van der Waals surface area contributed by atoms with Gasteiger partial charge in [-0.25, -0.2) is 0 Å². The molecule has 0 aliphatic carbocycles. The van der Waals surface area contributed by atoms with E-state index in [0.29, 0.717) is 5.46 Å². The average Bonchev–Trinajstić information content (AvgIpc) is 2.02. The smallest absolute Gasteiger partial charge is 0.488 e. The highest BCUT2D eigenvalue weighted by Crippen LogP contribution is 2.14. The van der Waals surface area contributed by atoms with Crippen molar-refractivity contribution in [3.8, 4) is 5.75 Å². The minimum Gasteiger partial charge on any atom is -0.497 e. The lowest BCUT2D eigenvalue weighted by molar-refractivity contribution is 0.413. The molecule has 0 aromatic heterocycles. The second-order valence-electron chi connectivity index (χ2n) is 3.05. The Bertz CT molecular complexity index is 289. The maximum Gasteiger partial charge on any atom is 0.488 e. The fourth-order valence-corrected chi connectivity index (χ4v) is 1.46. The fourth-order valence-electron chi connectivity index (χ4n) is 1.46. The van der Waals surface area contributed by atoms with Crippen LogP contribution in [0.25, 0.3) is 0 Å². The zero-order valence-corrected chi connectivity index (χ0v) is 8.53. The molecule has 78 valence electrons. The first-order valence-electron chi connectivity index (χ1n) is 4.07. The summed E-state index contributed by atoms with van der Waals surface area (Å²) in [6, 6.07) is 3.56. The largest absolute Gasteiger partial charge is 0.497 e. The van der Waals surface area contributed by atoms with Gasteiger partial charge in [0, 0.05) is 0 Å². The van der Waals surface area contributed by atoms with Crippen LogP contribution in [0.5, 0.6) is 5.75 Å². The van der Waals surface area contributed by atoms with Crippen LogP contribution in [0.15, 0.2) is 12.1 Å². The predicted molar refractivity (Wildman–Crippen MR) is 55.9 cm³/mol.